The number of ether oxygens (including phenoxy) is 3. The largest absolute Gasteiger partial charge is 0.493 e. The number of H-pyrrole nitrogens is 1. The number of rotatable bonds is 5. The molecule has 2 heterocycles. The number of hydrogen-bond acceptors (Lipinski definition) is 4. The van der Waals surface area contributed by atoms with Crippen molar-refractivity contribution in [1.29, 1.82) is 0 Å². The van der Waals surface area contributed by atoms with Gasteiger partial charge in [-0.2, -0.15) is 0 Å². The lowest BCUT2D eigenvalue weighted by molar-refractivity contribution is 0.193. The Balaban J connectivity index is 1.54. The van der Waals surface area contributed by atoms with Crippen LogP contribution in [0.15, 0.2) is 60.7 Å². The van der Waals surface area contributed by atoms with E-state index < -0.39 is 0 Å². The zero-order valence-electron chi connectivity index (χ0n) is 20.3. The summed E-state index contributed by atoms with van der Waals surface area (Å²) in [6, 6.07) is 19.7. The molecule has 0 radical (unpaired) electrons. The molecule has 4 aromatic rings. The quantitative estimate of drug-likeness (QED) is 0.393. The van der Waals surface area contributed by atoms with Gasteiger partial charge in [0.2, 0.25) is 5.75 Å². The Hall–Kier alpha value is -4.13. The first-order chi connectivity index (χ1) is 17.0. The van der Waals surface area contributed by atoms with Crippen molar-refractivity contribution in [3.63, 3.8) is 0 Å². The Morgan fingerprint density at radius 2 is 1.66 bits per heavy atom. The fourth-order valence-electron chi connectivity index (χ4n) is 4.90. The van der Waals surface area contributed by atoms with Gasteiger partial charge in [0.25, 0.3) is 0 Å². The highest BCUT2D eigenvalue weighted by atomic mass is 16.5. The molecule has 1 atom stereocenters. The van der Waals surface area contributed by atoms with Crippen molar-refractivity contribution in [3.8, 4) is 17.2 Å². The van der Waals surface area contributed by atoms with Gasteiger partial charge in [-0.1, -0.05) is 48.0 Å². The summed E-state index contributed by atoms with van der Waals surface area (Å²) in [7, 11) is 4.66. The summed E-state index contributed by atoms with van der Waals surface area (Å²) < 4.78 is 16.3. The molecule has 1 aromatic heterocycles. The van der Waals surface area contributed by atoms with Crippen LogP contribution in [0.25, 0.3) is 10.9 Å². The zero-order chi connectivity index (χ0) is 24.5. The molecule has 35 heavy (non-hydrogen) atoms. The number of aryl methyl sites for hydroxylation is 1. The molecule has 0 bridgehead atoms. The Morgan fingerprint density at radius 1 is 0.971 bits per heavy atom. The van der Waals surface area contributed by atoms with Gasteiger partial charge in [-0.25, -0.2) is 4.79 Å². The van der Waals surface area contributed by atoms with E-state index in [4.69, 9.17) is 14.2 Å². The van der Waals surface area contributed by atoms with Crippen LogP contribution in [0.1, 0.15) is 28.4 Å². The first-order valence-corrected chi connectivity index (χ1v) is 11.6. The van der Waals surface area contributed by atoms with Crippen LogP contribution in [-0.2, 0) is 6.42 Å². The smallest absolute Gasteiger partial charge is 0.322 e. The maximum atomic E-state index is 13.7. The number of carbonyl (C=O) groups excluding carboxylic acids is 1. The van der Waals surface area contributed by atoms with E-state index in [-0.39, 0.29) is 12.1 Å². The Kier molecular flexibility index (Phi) is 5.99. The van der Waals surface area contributed by atoms with Crippen molar-refractivity contribution < 1.29 is 19.0 Å². The number of benzene rings is 3. The molecule has 7 nitrogen and oxygen atoms in total. The van der Waals surface area contributed by atoms with Crippen molar-refractivity contribution in [1.82, 2.24) is 9.88 Å². The molecule has 0 aliphatic carbocycles. The number of para-hydroxylation sites is 1. The van der Waals surface area contributed by atoms with Crippen LogP contribution in [0.3, 0.4) is 0 Å². The summed E-state index contributed by atoms with van der Waals surface area (Å²) in [5, 5.41) is 4.26. The summed E-state index contributed by atoms with van der Waals surface area (Å²) in [4.78, 5) is 19.2. The minimum Gasteiger partial charge on any atom is -0.493 e. The van der Waals surface area contributed by atoms with Gasteiger partial charge in [0.1, 0.15) is 0 Å². The molecule has 2 N–H and O–H groups in total. The van der Waals surface area contributed by atoms with Crippen LogP contribution < -0.4 is 19.5 Å². The van der Waals surface area contributed by atoms with E-state index in [2.05, 4.69) is 59.7 Å². The highest BCUT2D eigenvalue weighted by Gasteiger charge is 2.34. The Bertz CT molecular complexity index is 1350. The third-order valence-electron chi connectivity index (χ3n) is 6.60. The van der Waals surface area contributed by atoms with Gasteiger partial charge in [-0.05, 0) is 30.5 Å². The molecule has 5 rings (SSSR count). The lowest BCUT2D eigenvalue weighted by Crippen LogP contribution is -2.43. The lowest BCUT2D eigenvalue weighted by atomic mass is 9.92. The van der Waals surface area contributed by atoms with E-state index in [1.807, 2.05) is 11.0 Å². The van der Waals surface area contributed by atoms with Gasteiger partial charge in [-0.3, -0.25) is 0 Å². The van der Waals surface area contributed by atoms with Gasteiger partial charge in [0.15, 0.2) is 11.5 Å². The number of nitrogens with zero attached hydrogens (tertiary/aromatic N) is 1. The van der Waals surface area contributed by atoms with Gasteiger partial charge in [0.05, 0.1) is 33.1 Å². The van der Waals surface area contributed by atoms with E-state index in [9.17, 15) is 4.79 Å². The van der Waals surface area contributed by atoms with Crippen molar-refractivity contribution in [2.24, 2.45) is 0 Å². The van der Waals surface area contributed by atoms with Crippen molar-refractivity contribution in [2.75, 3.05) is 33.2 Å². The molecule has 0 saturated heterocycles. The molecule has 0 spiro atoms. The van der Waals surface area contributed by atoms with E-state index in [0.29, 0.717) is 29.5 Å². The average molecular weight is 472 g/mol. The van der Waals surface area contributed by atoms with Crippen LogP contribution in [0, 0.1) is 6.92 Å². The average Bonchev–Trinajstić information content (AvgIpc) is 3.26. The maximum absolute atomic E-state index is 13.7. The molecule has 1 aliphatic rings. The topological polar surface area (TPSA) is 75.8 Å². The van der Waals surface area contributed by atoms with Gasteiger partial charge < -0.3 is 29.4 Å². The number of aromatic amines is 1. The molecule has 180 valence electrons. The monoisotopic (exact) mass is 471 g/mol. The summed E-state index contributed by atoms with van der Waals surface area (Å²) in [6.07, 6.45) is 0.768. The van der Waals surface area contributed by atoms with Crippen LogP contribution in [0.5, 0.6) is 17.2 Å². The molecular weight excluding hydrogens is 442 g/mol. The SMILES string of the molecule is COc1cc(NC(=O)N2CCc3c([nH]c4ccccc34)C2c2ccc(C)cc2)cc(OC)c1OC. The standard InChI is InChI=1S/C28H29N3O4/c1-17-9-11-18(12-10-17)26-25-21(20-7-5-6-8-22(20)30-25)13-14-31(26)28(32)29-19-15-23(33-2)27(35-4)24(16-19)34-3/h5-12,15-16,26,30H,13-14H2,1-4H3,(H,29,32). The molecule has 1 aliphatic heterocycles. The van der Waals surface area contributed by atoms with E-state index >= 15 is 0 Å². The first kappa shape index (κ1) is 22.7. The molecular formula is C28H29N3O4. The second-order valence-corrected chi connectivity index (χ2v) is 8.66. The summed E-state index contributed by atoms with van der Waals surface area (Å²) >= 11 is 0. The molecule has 2 amide bonds. The van der Waals surface area contributed by atoms with Crippen LogP contribution in [0.4, 0.5) is 10.5 Å². The number of carbonyl (C=O) groups is 1. The lowest BCUT2D eigenvalue weighted by Gasteiger charge is -2.36. The molecule has 3 aromatic carbocycles. The van der Waals surface area contributed by atoms with E-state index in [0.717, 1.165) is 23.2 Å². The molecule has 7 heteroatoms. The number of nitrogens with one attached hydrogen (secondary N) is 2. The number of urea groups is 1. The fraction of sp³-hybridized carbons (Fsp3) is 0.250. The second kappa shape index (κ2) is 9.25. The van der Waals surface area contributed by atoms with Crippen molar-refractivity contribution in [3.05, 3.63) is 83.0 Å². The summed E-state index contributed by atoms with van der Waals surface area (Å²) in [5.41, 5.74) is 6.21. The number of anilines is 1. The van der Waals surface area contributed by atoms with Crippen LogP contribution >= 0.6 is 0 Å². The van der Waals surface area contributed by atoms with Gasteiger partial charge in [0, 0.05) is 35.3 Å². The van der Waals surface area contributed by atoms with Gasteiger partial charge in [-0.15, -0.1) is 0 Å². The summed E-state index contributed by atoms with van der Waals surface area (Å²) in [6.45, 7) is 2.65. The highest BCUT2D eigenvalue weighted by molar-refractivity contribution is 5.92. The van der Waals surface area contributed by atoms with E-state index in [1.165, 1.54) is 16.5 Å². The third kappa shape index (κ3) is 4.03. The predicted molar refractivity (Wildman–Crippen MR) is 137 cm³/mol. The fourth-order valence-corrected chi connectivity index (χ4v) is 4.90. The number of methoxy groups -OCH3 is 3. The van der Waals surface area contributed by atoms with E-state index in [1.54, 1.807) is 33.5 Å². The molecule has 0 saturated carbocycles. The third-order valence-corrected chi connectivity index (χ3v) is 6.60. The highest BCUT2D eigenvalue weighted by Crippen LogP contribution is 2.41. The first-order valence-electron chi connectivity index (χ1n) is 11.6. The Morgan fingerprint density at radius 3 is 2.31 bits per heavy atom. The number of fused-ring (bicyclic) bond motifs is 3. The molecule has 0 fully saturated rings. The normalized spacial score (nSPS) is 15.0. The minimum atomic E-state index is -0.242. The summed E-state index contributed by atoms with van der Waals surface area (Å²) in [5.74, 6) is 1.44. The minimum absolute atomic E-state index is 0.200. The number of hydrogen-bond donors (Lipinski definition) is 2. The Labute approximate surface area is 204 Å². The maximum Gasteiger partial charge on any atom is 0.322 e. The van der Waals surface area contributed by atoms with Crippen molar-refractivity contribution in [2.45, 2.75) is 19.4 Å². The van der Waals surface area contributed by atoms with Crippen LogP contribution in [0.2, 0.25) is 0 Å². The molecule has 1 unspecified atom stereocenters. The number of aromatic nitrogens is 1. The number of amides is 2. The second-order valence-electron chi connectivity index (χ2n) is 8.66. The zero-order valence-corrected chi connectivity index (χ0v) is 20.3. The van der Waals surface area contributed by atoms with Crippen molar-refractivity contribution >= 4 is 22.6 Å². The predicted octanol–water partition coefficient (Wildman–Crippen LogP) is 5.68. The van der Waals surface area contributed by atoms with Crippen LogP contribution in [-0.4, -0.2) is 43.8 Å². The van der Waals surface area contributed by atoms with Gasteiger partial charge >= 0.3 is 6.03 Å².